The van der Waals surface area contributed by atoms with Crippen molar-refractivity contribution >= 4 is 11.9 Å². The van der Waals surface area contributed by atoms with Crippen LogP contribution in [0.3, 0.4) is 0 Å². The molecule has 0 aliphatic carbocycles. The molecule has 1 amide bonds. The second-order valence-corrected chi connectivity index (χ2v) is 5.54. The van der Waals surface area contributed by atoms with Crippen LogP contribution in [0.5, 0.6) is 0 Å². The number of carboxylic acid groups (broad SMARTS) is 1. The van der Waals surface area contributed by atoms with Gasteiger partial charge in [0.1, 0.15) is 6.10 Å². The molecule has 0 saturated carbocycles. The summed E-state index contributed by atoms with van der Waals surface area (Å²) in [6.07, 6.45) is 3.23. The van der Waals surface area contributed by atoms with E-state index in [1.54, 1.807) is 11.8 Å². The van der Waals surface area contributed by atoms with Gasteiger partial charge in [0.05, 0.1) is 19.1 Å². The van der Waals surface area contributed by atoms with Crippen LogP contribution in [-0.2, 0) is 19.1 Å². The van der Waals surface area contributed by atoms with Crippen LogP contribution in [0.1, 0.15) is 39.0 Å². The van der Waals surface area contributed by atoms with Crippen molar-refractivity contribution in [1.82, 2.24) is 4.90 Å². The Labute approximate surface area is 119 Å². The van der Waals surface area contributed by atoms with E-state index in [0.717, 1.165) is 32.3 Å². The minimum Gasteiger partial charge on any atom is -0.481 e. The normalized spacial score (nSPS) is 27.8. The molecule has 20 heavy (non-hydrogen) atoms. The minimum atomic E-state index is -0.859. The van der Waals surface area contributed by atoms with Crippen molar-refractivity contribution in [3.8, 4) is 0 Å². The van der Waals surface area contributed by atoms with E-state index in [1.807, 2.05) is 0 Å². The maximum Gasteiger partial charge on any atom is 0.305 e. The first-order valence-electron chi connectivity index (χ1n) is 7.33. The Morgan fingerprint density at radius 3 is 2.85 bits per heavy atom. The molecule has 1 N–H and O–H groups in total. The monoisotopic (exact) mass is 285 g/mol. The molecule has 0 aromatic carbocycles. The van der Waals surface area contributed by atoms with Crippen molar-refractivity contribution in [2.75, 3.05) is 19.8 Å². The van der Waals surface area contributed by atoms with Gasteiger partial charge in [0.15, 0.2) is 0 Å². The second kappa shape index (κ2) is 7.04. The Hall–Kier alpha value is -1.14. The van der Waals surface area contributed by atoms with E-state index in [1.165, 1.54) is 0 Å². The standard InChI is InChI=1S/C14H23NO5/c1-10(20-9-12-5-3-7-19-12)14(18)15-6-2-4-11(15)8-13(16)17/h10-12H,2-9H2,1H3,(H,16,17)/t10-,11+,12-/m0/s1. The predicted molar refractivity (Wildman–Crippen MR) is 71.4 cm³/mol. The summed E-state index contributed by atoms with van der Waals surface area (Å²) in [6.45, 7) is 3.56. The van der Waals surface area contributed by atoms with Gasteiger partial charge in [0.25, 0.3) is 5.91 Å². The Morgan fingerprint density at radius 2 is 2.20 bits per heavy atom. The summed E-state index contributed by atoms with van der Waals surface area (Å²) in [4.78, 5) is 24.8. The summed E-state index contributed by atoms with van der Waals surface area (Å²) in [6, 6.07) is -0.186. The van der Waals surface area contributed by atoms with Crippen molar-refractivity contribution in [3.05, 3.63) is 0 Å². The van der Waals surface area contributed by atoms with Crippen LogP contribution in [0.25, 0.3) is 0 Å². The van der Waals surface area contributed by atoms with Gasteiger partial charge in [-0.15, -0.1) is 0 Å². The van der Waals surface area contributed by atoms with Crippen LogP contribution in [0.4, 0.5) is 0 Å². The maximum absolute atomic E-state index is 12.3. The average molecular weight is 285 g/mol. The van der Waals surface area contributed by atoms with Gasteiger partial charge in [-0.2, -0.15) is 0 Å². The van der Waals surface area contributed by atoms with Gasteiger partial charge in [0.2, 0.25) is 0 Å². The Bertz CT molecular complexity index is 353. The molecule has 2 rings (SSSR count). The zero-order chi connectivity index (χ0) is 14.5. The molecule has 114 valence electrons. The molecule has 0 radical (unpaired) electrons. The lowest BCUT2D eigenvalue weighted by atomic mass is 10.1. The van der Waals surface area contributed by atoms with Crippen LogP contribution in [0.15, 0.2) is 0 Å². The first-order chi connectivity index (χ1) is 9.58. The van der Waals surface area contributed by atoms with E-state index >= 15 is 0 Å². The molecule has 0 unspecified atom stereocenters. The predicted octanol–water partition coefficient (Wildman–Crippen LogP) is 1.04. The summed E-state index contributed by atoms with van der Waals surface area (Å²) in [7, 11) is 0. The quantitative estimate of drug-likeness (QED) is 0.789. The third-order valence-electron chi connectivity index (χ3n) is 3.97. The maximum atomic E-state index is 12.3. The van der Waals surface area contributed by atoms with Crippen LogP contribution < -0.4 is 0 Å². The lowest BCUT2D eigenvalue weighted by Crippen LogP contribution is -2.43. The highest BCUT2D eigenvalue weighted by Gasteiger charge is 2.33. The van der Waals surface area contributed by atoms with Crippen molar-refractivity contribution in [2.45, 2.75) is 57.3 Å². The summed E-state index contributed by atoms with van der Waals surface area (Å²) >= 11 is 0. The van der Waals surface area contributed by atoms with E-state index in [4.69, 9.17) is 14.6 Å². The number of carbonyl (C=O) groups excluding carboxylic acids is 1. The molecule has 0 aromatic heterocycles. The number of rotatable bonds is 6. The number of carboxylic acids is 1. The topological polar surface area (TPSA) is 76.1 Å². The number of nitrogens with zero attached hydrogens (tertiary/aromatic N) is 1. The molecule has 0 spiro atoms. The third-order valence-corrected chi connectivity index (χ3v) is 3.97. The number of likely N-dealkylation sites (tertiary alicyclic amines) is 1. The SMILES string of the molecule is C[C@H](OC[C@@H]1CCCO1)C(=O)N1CCC[C@@H]1CC(=O)O. The van der Waals surface area contributed by atoms with Crippen LogP contribution in [-0.4, -0.2) is 59.9 Å². The van der Waals surface area contributed by atoms with E-state index in [0.29, 0.717) is 13.2 Å². The van der Waals surface area contributed by atoms with Gasteiger partial charge >= 0.3 is 5.97 Å². The highest BCUT2D eigenvalue weighted by molar-refractivity contribution is 5.81. The molecule has 0 aromatic rings. The van der Waals surface area contributed by atoms with Crippen molar-refractivity contribution in [1.29, 1.82) is 0 Å². The van der Waals surface area contributed by atoms with E-state index in [-0.39, 0.29) is 24.5 Å². The van der Waals surface area contributed by atoms with Crippen molar-refractivity contribution in [2.24, 2.45) is 0 Å². The van der Waals surface area contributed by atoms with Crippen molar-refractivity contribution < 1.29 is 24.2 Å². The molecule has 2 saturated heterocycles. The lowest BCUT2D eigenvalue weighted by molar-refractivity contribution is -0.147. The number of carbonyl (C=O) groups is 2. The van der Waals surface area contributed by atoms with Crippen LogP contribution in [0.2, 0.25) is 0 Å². The lowest BCUT2D eigenvalue weighted by Gasteiger charge is -2.27. The average Bonchev–Trinajstić information content (AvgIpc) is 3.05. The van der Waals surface area contributed by atoms with Gasteiger partial charge in [-0.25, -0.2) is 0 Å². The summed E-state index contributed by atoms with van der Waals surface area (Å²) in [5.41, 5.74) is 0. The number of hydrogen-bond donors (Lipinski definition) is 1. The highest BCUT2D eigenvalue weighted by Crippen LogP contribution is 2.22. The minimum absolute atomic E-state index is 0.0181. The Balaban J connectivity index is 1.80. The van der Waals surface area contributed by atoms with Crippen LogP contribution >= 0.6 is 0 Å². The first-order valence-corrected chi connectivity index (χ1v) is 7.33. The highest BCUT2D eigenvalue weighted by atomic mass is 16.5. The Morgan fingerprint density at radius 1 is 1.40 bits per heavy atom. The fourth-order valence-corrected chi connectivity index (χ4v) is 2.87. The molecule has 2 aliphatic rings. The van der Waals surface area contributed by atoms with Crippen molar-refractivity contribution in [3.63, 3.8) is 0 Å². The summed E-state index contributed by atoms with van der Waals surface area (Å²) < 4.78 is 11.0. The first kappa shape index (κ1) is 15.3. The van der Waals surface area contributed by atoms with Gasteiger partial charge < -0.3 is 19.5 Å². The van der Waals surface area contributed by atoms with Gasteiger partial charge in [-0.1, -0.05) is 0 Å². The molecule has 3 atom stereocenters. The molecular weight excluding hydrogens is 262 g/mol. The molecular formula is C14H23NO5. The van der Waals surface area contributed by atoms with Crippen LogP contribution in [0, 0.1) is 0 Å². The molecule has 6 heteroatoms. The van der Waals surface area contributed by atoms with Gasteiger partial charge in [-0.3, -0.25) is 9.59 Å². The molecule has 2 fully saturated rings. The number of amides is 1. The molecule has 2 aliphatic heterocycles. The zero-order valence-electron chi connectivity index (χ0n) is 11.9. The van der Waals surface area contributed by atoms with E-state index < -0.39 is 12.1 Å². The number of hydrogen-bond acceptors (Lipinski definition) is 4. The number of ether oxygens (including phenoxy) is 2. The van der Waals surface area contributed by atoms with Gasteiger partial charge in [0, 0.05) is 19.2 Å². The number of aliphatic carboxylic acids is 1. The third kappa shape index (κ3) is 3.93. The van der Waals surface area contributed by atoms with E-state index in [2.05, 4.69) is 0 Å². The molecule has 0 bridgehead atoms. The molecule has 6 nitrogen and oxygen atoms in total. The Kier molecular flexibility index (Phi) is 5.37. The summed E-state index contributed by atoms with van der Waals surface area (Å²) in [5, 5.41) is 8.87. The molecule has 2 heterocycles. The second-order valence-electron chi connectivity index (χ2n) is 5.54. The smallest absolute Gasteiger partial charge is 0.305 e. The van der Waals surface area contributed by atoms with Gasteiger partial charge in [-0.05, 0) is 32.6 Å². The van der Waals surface area contributed by atoms with E-state index in [9.17, 15) is 9.59 Å². The fourth-order valence-electron chi connectivity index (χ4n) is 2.87. The largest absolute Gasteiger partial charge is 0.481 e. The summed E-state index contributed by atoms with van der Waals surface area (Å²) in [5.74, 6) is -0.964. The fraction of sp³-hybridized carbons (Fsp3) is 0.857. The zero-order valence-corrected chi connectivity index (χ0v) is 11.9.